The van der Waals surface area contributed by atoms with E-state index in [0.29, 0.717) is 52.3 Å². The monoisotopic (exact) mass is 808 g/mol. The summed E-state index contributed by atoms with van der Waals surface area (Å²) in [5.41, 5.74) is 0. The van der Waals surface area contributed by atoms with Crippen LogP contribution in [0.2, 0.25) is 0 Å². The van der Waals surface area contributed by atoms with Crippen LogP contribution < -0.4 is 0 Å². The van der Waals surface area contributed by atoms with Gasteiger partial charge in [-0.2, -0.15) is 0 Å². The summed E-state index contributed by atoms with van der Waals surface area (Å²) in [5, 5.41) is 60.8. The highest BCUT2D eigenvalue weighted by atomic mass is 16.5. The SMILES string of the molecule is CCCCCCCCCCCCN(CCO)CCO.CCCCCCCCCCCCOCCCN(CCO)C(=O)/C=C/C(=O)O.OCCN(CCO)CCO. The van der Waals surface area contributed by atoms with Gasteiger partial charge in [0.15, 0.2) is 0 Å². The van der Waals surface area contributed by atoms with Gasteiger partial charge in [0.1, 0.15) is 0 Å². The molecule has 0 aliphatic carbocycles. The molecule has 13 nitrogen and oxygen atoms in total. The van der Waals surface area contributed by atoms with Gasteiger partial charge in [-0.3, -0.25) is 14.6 Å². The lowest BCUT2D eigenvalue weighted by Gasteiger charge is -2.19. The Morgan fingerprint density at radius 2 is 0.750 bits per heavy atom. The van der Waals surface area contributed by atoms with Gasteiger partial charge >= 0.3 is 5.97 Å². The Labute approximate surface area is 342 Å². The molecular formula is C43H89N3O10. The fourth-order valence-electron chi connectivity index (χ4n) is 6.05. The summed E-state index contributed by atoms with van der Waals surface area (Å²) in [4.78, 5) is 27.6. The van der Waals surface area contributed by atoms with Gasteiger partial charge in [-0.15, -0.1) is 0 Å². The van der Waals surface area contributed by atoms with E-state index in [9.17, 15) is 9.59 Å². The van der Waals surface area contributed by atoms with Crippen molar-refractivity contribution in [2.24, 2.45) is 0 Å². The van der Waals surface area contributed by atoms with E-state index in [1.807, 2.05) is 0 Å². The number of carboxylic acids is 1. The summed E-state index contributed by atoms with van der Waals surface area (Å²) in [7, 11) is 0. The minimum absolute atomic E-state index is 0.0694. The summed E-state index contributed by atoms with van der Waals surface area (Å²) in [6.45, 7) is 10.8. The number of ether oxygens (including phenoxy) is 1. The first-order valence-corrected chi connectivity index (χ1v) is 22.2. The zero-order valence-corrected chi connectivity index (χ0v) is 36.0. The molecule has 0 unspecified atom stereocenters. The van der Waals surface area contributed by atoms with Crippen molar-refractivity contribution in [2.75, 3.05) is 105 Å². The molecule has 0 fully saturated rings. The molecule has 13 heteroatoms. The molecule has 0 saturated heterocycles. The van der Waals surface area contributed by atoms with Crippen LogP contribution in [0, 0.1) is 0 Å². The van der Waals surface area contributed by atoms with Crippen molar-refractivity contribution >= 4 is 11.9 Å². The molecular weight excluding hydrogens is 718 g/mol. The Kier molecular flexibility index (Phi) is 53.8. The van der Waals surface area contributed by atoms with Crippen molar-refractivity contribution in [1.29, 1.82) is 0 Å². The molecule has 7 N–H and O–H groups in total. The van der Waals surface area contributed by atoms with Gasteiger partial charge in [0.2, 0.25) is 5.91 Å². The Balaban J connectivity index is -0.000000837. The highest BCUT2D eigenvalue weighted by Crippen LogP contribution is 2.12. The molecule has 1 amide bonds. The number of hydrogen-bond acceptors (Lipinski definition) is 11. The standard InChI is InChI=1S/C21H39NO5.C16H35NO2.C6H15NO3/c1-2-3-4-5-6-7-8-9-10-11-18-27-19-12-15-22(16-17-23)20(24)13-14-21(25)26;1-2-3-4-5-6-7-8-9-10-11-12-17(13-15-18)14-16-19;8-4-1-7(2-5-9)3-6-10/h13-14,23H,2-12,15-19H2,1H3,(H,25,26);18-19H,2-16H2,1H3;8-10H,1-6H2/b14-13+;;. The highest BCUT2D eigenvalue weighted by Gasteiger charge is 2.10. The Hall–Kier alpha value is -1.68. The van der Waals surface area contributed by atoms with Crippen molar-refractivity contribution in [3.8, 4) is 0 Å². The van der Waals surface area contributed by atoms with E-state index in [0.717, 1.165) is 31.7 Å². The Morgan fingerprint density at radius 1 is 0.411 bits per heavy atom. The average Bonchev–Trinajstić information content (AvgIpc) is 3.18. The summed E-state index contributed by atoms with van der Waals surface area (Å²) in [6.07, 6.45) is 29.0. The van der Waals surface area contributed by atoms with E-state index in [-0.39, 0.29) is 46.2 Å². The number of hydrogen-bond donors (Lipinski definition) is 7. The lowest BCUT2D eigenvalue weighted by Crippen LogP contribution is -2.33. The third kappa shape index (κ3) is 48.5. The van der Waals surface area contributed by atoms with Crippen LogP contribution in [-0.4, -0.2) is 168 Å². The maximum absolute atomic E-state index is 11.8. The van der Waals surface area contributed by atoms with E-state index in [1.165, 1.54) is 127 Å². The average molecular weight is 808 g/mol. The van der Waals surface area contributed by atoms with Crippen molar-refractivity contribution in [1.82, 2.24) is 14.7 Å². The summed E-state index contributed by atoms with van der Waals surface area (Å²) >= 11 is 0. The molecule has 0 bridgehead atoms. The summed E-state index contributed by atoms with van der Waals surface area (Å²) in [6, 6.07) is 0. The largest absolute Gasteiger partial charge is 0.478 e. The molecule has 56 heavy (non-hydrogen) atoms. The molecule has 0 heterocycles. The first kappa shape index (κ1) is 58.6. The minimum atomic E-state index is -1.16. The molecule has 0 radical (unpaired) electrons. The second kappa shape index (κ2) is 51.3. The highest BCUT2D eigenvalue weighted by molar-refractivity contribution is 5.93. The fourth-order valence-corrected chi connectivity index (χ4v) is 6.05. The quantitative estimate of drug-likeness (QED) is 0.0315. The number of aliphatic hydroxyl groups is 6. The van der Waals surface area contributed by atoms with Gasteiger partial charge < -0.3 is 45.4 Å². The number of unbranched alkanes of at least 4 members (excludes halogenated alkanes) is 18. The number of amides is 1. The van der Waals surface area contributed by atoms with Gasteiger partial charge in [0, 0.05) is 71.2 Å². The van der Waals surface area contributed by atoms with Crippen molar-refractivity contribution in [2.45, 2.75) is 149 Å². The predicted octanol–water partition coefficient (Wildman–Crippen LogP) is 5.23. The van der Waals surface area contributed by atoms with Crippen LogP contribution in [0.1, 0.15) is 149 Å². The van der Waals surface area contributed by atoms with Gasteiger partial charge in [0.25, 0.3) is 0 Å². The maximum Gasteiger partial charge on any atom is 0.328 e. The van der Waals surface area contributed by atoms with Crippen LogP contribution >= 0.6 is 0 Å². The molecule has 0 atom stereocenters. The number of nitrogens with zero attached hydrogens (tertiary/aromatic N) is 3. The van der Waals surface area contributed by atoms with Crippen LogP contribution in [0.3, 0.4) is 0 Å². The molecule has 336 valence electrons. The number of carbonyl (C=O) groups is 2. The van der Waals surface area contributed by atoms with Crippen LogP contribution in [0.4, 0.5) is 0 Å². The first-order chi connectivity index (χ1) is 27.3. The van der Waals surface area contributed by atoms with Crippen molar-refractivity contribution in [3.63, 3.8) is 0 Å². The number of rotatable bonds is 40. The molecule has 0 aromatic carbocycles. The Bertz CT molecular complexity index is 790. The van der Waals surface area contributed by atoms with Gasteiger partial charge in [-0.05, 0) is 25.8 Å². The van der Waals surface area contributed by atoms with Crippen molar-refractivity contribution < 1.29 is 50.1 Å². The summed E-state index contributed by atoms with van der Waals surface area (Å²) < 4.78 is 5.60. The van der Waals surface area contributed by atoms with E-state index in [2.05, 4.69) is 18.7 Å². The second-order valence-corrected chi connectivity index (χ2v) is 14.4. The topological polar surface area (TPSA) is 195 Å². The zero-order valence-electron chi connectivity index (χ0n) is 36.0. The fraction of sp³-hybridized carbons (Fsp3) is 0.907. The number of carboxylic acid groups (broad SMARTS) is 1. The molecule has 0 rings (SSSR count). The minimum Gasteiger partial charge on any atom is -0.478 e. The molecule has 0 aliphatic heterocycles. The van der Waals surface area contributed by atoms with E-state index >= 15 is 0 Å². The van der Waals surface area contributed by atoms with E-state index in [1.54, 1.807) is 4.90 Å². The zero-order chi connectivity index (χ0) is 42.2. The first-order valence-electron chi connectivity index (χ1n) is 22.2. The van der Waals surface area contributed by atoms with Crippen LogP contribution in [-0.2, 0) is 14.3 Å². The normalized spacial score (nSPS) is 11.2. The second-order valence-electron chi connectivity index (χ2n) is 14.4. The van der Waals surface area contributed by atoms with E-state index in [4.69, 9.17) is 40.5 Å². The third-order valence-corrected chi connectivity index (χ3v) is 9.32. The number of carbonyl (C=O) groups excluding carboxylic acids is 1. The smallest absolute Gasteiger partial charge is 0.328 e. The maximum atomic E-state index is 11.8. The predicted molar refractivity (Wildman–Crippen MR) is 228 cm³/mol. The molecule has 0 aromatic heterocycles. The lowest BCUT2D eigenvalue weighted by atomic mass is 10.1. The lowest BCUT2D eigenvalue weighted by molar-refractivity contribution is -0.132. The van der Waals surface area contributed by atoms with Crippen LogP contribution in [0.5, 0.6) is 0 Å². The van der Waals surface area contributed by atoms with E-state index < -0.39 is 11.9 Å². The third-order valence-electron chi connectivity index (χ3n) is 9.32. The Morgan fingerprint density at radius 3 is 1.12 bits per heavy atom. The summed E-state index contributed by atoms with van der Waals surface area (Å²) in [5.74, 6) is -1.56. The van der Waals surface area contributed by atoms with Crippen LogP contribution in [0.15, 0.2) is 12.2 Å². The molecule has 0 saturated carbocycles. The number of aliphatic hydroxyl groups excluding tert-OH is 6. The van der Waals surface area contributed by atoms with Crippen molar-refractivity contribution in [3.05, 3.63) is 12.2 Å². The van der Waals surface area contributed by atoms with Crippen LogP contribution in [0.25, 0.3) is 0 Å². The van der Waals surface area contributed by atoms with Gasteiger partial charge in [-0.1, -0.05) is 129 Å². The molecule has 0 aliphatic rings. The molecule has 0 aromatic rings. The molecule has 0 spiro atoms. The number of aliphatic carboxylic acids is 1. The van der Waals surface area contributed by atoms with Gasteiger partial charge in [-0.25, -0.2) is 4.79 Å². The van der Waals surface area contributed by atoms with Gasteiger partial charge in [0.05, 0.1) is 39.6 Å².